The van der Waals surface area contributed by atoms with E-state index in [1.165, 1.54) is 7.11 Å². The van der Waals surface area contributed by atoms with Gasteiger partial charge in [0.05, 0.1) is 19.8 Å². The van der Waals surface area contributed by atoms with Crippen molar-refractivity contribution >= 4 is 11.9 Å². The molecule has 2 aliphatic rings. The Morgan fingerprint density at radius 1 is 1.44 bits per heavy atom. The number of hydrogen-bond donors (Lipinski definition) is 1. The van der Waals surface area contributed by atoms with Crippen LogP contribution in [0.15, 0.2) is 0 Å². The summed E-state index contributed by atoms with van der Waals surface area (Å²) in [6.45, 7) is 2.30. The molecule has 2 fully saturated rings. The highest BCUT2D eigenvalue weighted by molar-refractivity contribution is 5.76. The Morgan fingerprint density at radius 2 is 2.17 bits per heavy atom. The third kappa shape index (κ3) is 2.49. The van der Waals surface area contributed by atoms with E-state index in [-0.39, 0.29) is 30.6 Å². The number of carbonyl (C=O) groups is 2. The summed E-state index contributed by atoms with van der Waals surface area (Å²) in [7, 11) is 1.36. The number of carbonyl (C=O) groups excluding carboxylic acids is 2. The van der Waals surface area contributed by atoms with E-state index in [4.69, 9.17) is 15.2 Å². The molecule has 2 saturated heterocycles. The minimum atomic E-state index is -0.509. The SMILES string of the molecule is COC(=O)[C@@H]1C[C@@H]2[C@H](CC[C@H](C)N2CC(N)=O)O1. The van der Waals surface area contributed by atoms with E-state index < -0.39 is 6.10 Å². The van der Waals surface area contributed by atoms with E-state index in [1.54, 1.807) is 0 Å². The topological polar surface area (TPSA) is 81.9 Å². The van der Waals surface area contributed by atoms with Gasteiger partial charge in [0.1, 0.15) is 0 Å². The first-order valence-electron chi connectivity index (χ1n) is 6.30. The fourth-order valence-corrected chi connectivity index (χ4v) is 2.97. The molecule has 0 radical (unpaired) electrons. The summed E-state index contributed by atoms with van der Waals surface area (Å²) in [6.07, 6.45) is 1.93. The number of esters is 1. The van der Waals surface area contributed by atoms with Crippen LogP contribution in [0.1, 0.15) is 26.2 Å². The van der Waals surface area contributed by atoms with Gasteiger partial charge >= 0.3 is 5.97 Å². The number of amides is 1. The zero-order valence-corrected chi connectivity index (χ0v) is 10.8. The number of piperidine rings is 1. The number of hydrogen-bond acceptors (Lipinski definition) is 5. The first kappa shape index (κ1) is 13.3. The van der Waals surface area contributed by atoms with Gasteiger partial charge in [-0.1, -0.05) is 0 Å². The third-order valence-electron chi connectivity index (χ3n) is 3.89. The van der Waals surface area contributed by atoms with E-state index >= 15 is 0 Å². The van der Waals surface area contributed by atoms with E-state index in [2.05, 4.69) is 11.8 Å². The molecule has 1 amide bonds. The van der Waals surface area contributed by atoms with Crippen LogP contribution in [-0.4, -0.2) is 54.7 Å². The van der Waals surface area contributed by atoms with Crippen LogP contribution in [0.3, 0.4) is 0 Å². The van der Waals surface area contributed by atoms with Gasteiger partial charge in [-0.15, -0.1) is 0 Å². The number of likely N-dealkylation sites (tertiary alicyclic amines) is 1. The molecule has 2 aliphatic heterocycles. The van der Waals surface area contributed by atoms with Crippen LogP contribution in [0.4, 0.5) is 0 Å². The fourth-order valence-electron chi connectivity index (χ4n) is 2.97. The first-order valence-corrected chi connectivity index (χ1v) is 6.30. The van der Waals surface area contributed by atoms with Crippen molar-refractivity contribution < 1.29 is 19.1 Å². The number of fused-ring (bicyclic) bond motifs is 1. The summed E-state index contributed by atoms with van der Waals surface area (Å²) in [5.41, 5.74) is 5.28. The Balaban J connectivity index is 2.08. The molecule has 18 heavy (non-hydrogen) atoms. The standard InChI is InChI=1S/C12H20N2O4/c1-7-3-4-9-8(14(7)6-11(13)15)5-10(18-9)12(16)17-2/h7-10H,3-6H2,1-2H3,(H2,13,15)/t7-,8+,9-,10-/m0/s1. The Morgan fingerprint density at radius 3 is 2.78 bits per heavy atom. The van der Waals surface area contributed by atoms with Gasteiger partial charge in [0, 0.05) is 18.5 Å². The zero-order chi connectivity index (χ0) is 13.3. The number of methoxy groups -OCH3 is 1. The normalized spacial score (nSPS) is 36.1. The van der Waals surface area contributed by atoms with Crippen molar-refractivity contribution in [2.75, 3.05) is 13.7 Å². The van der Waals surface area contributed by atoms with Crippen molar-refractivity contribution in [2.24, 2.45) is 5.73 Å². The van der Waals surface area contributed by atoms with Gasteiger partial charge in [0.25, 0.3) is 0 Å². The molecule has 2 N–H and O–H groups in total. The molecule has 0 spiro atoms. The summed E-state index contributed by atoms with van der Waals surface area (Å²) in [6, 6.07) is 0.379. The van der Waals surface area contributed by atoms with Crippen molar-refractivity contribution in [3.63, 3.8) is 0 Å². The predicted octanol–water partition coefficient (Wildman–Crippen LogP) is -0.345. The Hall–Kier alpha value is -1.14. The summed E-state index contributed by atoms with van der Waals surface area (Å²) in [4.78, 5) is 24.7. The minimum absolute atomic E-state index is 0.00431. The second kappa shape index (κ2) is 5.24. The van der Waals surface area contributed by atoms with Crippen LogP contribution >= 0.6 is 0 Å². The second-order valence-corrected chi connectivity index (χ2v) is 5.05. The maximum Gasteiger partial charge on any atom is 0.335 e. The average Bonchev–Trinajstić information content (AvgIpc) is 2.75. The molecule has 0 aromatic carbocycles. The van der Waals surface area contributed by atoms with Gasteiger partial charge in [-0.05, 0) is 19.8 Å². The number of rotatable bonds is 3. The molecule has 2 heterocycles. The number of primary amides is 1. The lowest BCUT2D eigenvalue weighted by Gasteiger charge is -2.40. The van der Waals surface area contributed by atoms with Gasteiger partial charge in [-0.25, -0.2) is 4.79 Å². The molecule has 6 nitrogen and oxygen atoms in total. The summed E-state index contributed by atoms with van der Waals surface area (Å²) in [5.74, 6) is -0.680. The van der Waals surface area contributed by atoms with Crippen molar-refractivity contribution in [1.82, 2.24) is 4.90 Å². The Bertz CT molecular complexity index is 347. The molecule has 0 aliphatic carbocycles. The lowest BCUT2D eigenvalue weighted by atomic mass is 9.92. The van der Waals surface area contributed by atoms with Crippen molar-refractivity contribution in [2.45, 2.75) is 50.5 Å². The van der Waals surface area contributed by atoms with Gasteiger partial charge < -0.3 is 15.2 Å². The largest absolute Gasteiger partial charge is 0.467 e. The van der Waals surface area contributed by atoms with E-state index in [0.29, 0.717) is 12.5 Å². The molecule has 0 saturated carbocycles. The molecule has 0 bridgehead atoms. The number of nitrogens with two attached hydrogens (primary N) is 1. The molecule has 0 aromatic rings. The van der Waals surface area contributed by atoms with Gasteiger partial charge in [0.2, 0.25) is 5.91 Å². The molecule has 6 heteroatoms. The smallest absolute Gasteiger partial charge is 0.335 e. The van der Waals surface area contributed by atoms with E-state index in [1.807, 2.05) is 0 Å². The van der Waals surface area contributed by atoms with Crippen LogP contribution < -0.4 is 5.73 Å². The highest BCUT2D eigenvalue weighted by Crippen LogP contribution is 2.34. The highest BCUT2D eigenvalue weighted by Gasteiger charge is 2.46. The monoisotopic (exact) mass is 256 g/mol. The molecule has 4 atom stereocenters. The van der Waals surface area contributed by atoms with Crippen molar-refractivity contribution in [3.05, 3.63) is 0 Å². The molecule has 2 rings (SSSR count). The maximum atomic E-state index is 11.5. The molecular formula is C12H20N2O4. The Labute approximate surface area is 106 Å². The van der Waals surface area contributed by atoms with Crippen LogP contribution in [-0.2, 0) is 19.1 Å². The summed E-state index contributed by atoms with van der Waals surface area (Å²) < 4.78 is 10.4. The van der Waals surface area contributed by atoms with Crippen LogP contribution in [0.25, 0.3) is 0 Å². The van der Waals surface area contributed by atoms with Crippen LogP contribution in [0.5, 0.6) is 0 Å². The lowest BCUT2D eigenvalue weighted by molar-refractivity contribution is -0.153. The molecule has 0 unspecified atom stereocenters. The fraction of sp³-hybridized carbons (Fsp3) is 0.833. The van der Waals surface area contributed by atoms with Crippen LogP contribution in [0.2, 0.25) is 0 Å². The van der Waals surface area contributed by atoms with Crippen molar-refractivity contribution in [3.8, 4) is 0 Å². The minimum Gasteiger partial charge on any atom is -0.467 e. The predicted molar refractivity (Wildman–Crippen MR) is 63.7 cm³/mol. The third-order valence-corrected chi connectivity index (χ3v) is 3.89. The van der Waals surface area contributed by atoms with E-state index in [9.17, 15) is 9.59 Å². The highest BCUT2D eigenvalue weighted by atomic mass is 16.6. The quantitative estimate of drug-likeness (QED) is 0.698. The lowest BCUT2D eigenvalue weighted by Crippen LogP contribution is -2.53. The average molecular weight is 256 g/mol. The maximum absolute atomic E-state index is 11.5. The zero-order valence-electron chi connectivity index (χ0n) is 10.8. The number of ether oxygens (including phenoxy) is 2. The van der Waals surface area contributed by atoms with Gasteiger partial charge in [-0.2, -0.15) is 0 Å². The Kier molecular flexibility index (Phi) is 3.87. The summed E-state index contributed by atoms with van der Waals surface area (Å²) in [5, 5.41) is 0. The van der Waals surface area contributed by atoms with E-state index in [0.717, 1.165) is 12.8 Å². The summed E-state index contributed by atoms with van der Waals surface area (Å²) >= 11 is 0. The molecule has 0 aromatic heterocycles. The number of nitrogens with zero attached hydrogens (tertiary/aromatic N) is 1. The second-order valence-electron chi connectivity index (χ2n) is 5.05. The van der Waals surface area contributed by atoms with Crippen LogP contribution in [0, 0.1) is 0 Å². The van der Waals surface area contributed by atoms with Crippen molar-refractivity contribution in [1.29, 1.82) is 0 Å². The molecule has 102 valence electrons. The van der Waals surface area contributed by atoms with Gasteiger partial charge in [-0.3, -0.25) is 9.69 Å². The van der Waals surface area contributed by atoms with Gasteiger partial charge in [0.15, 0.2) is 6.10 Å². The first-order chi connectivity index (χ1) is 8.52. The molecular weight excluding hydrogens is 236 g/mol.